The average Bonchev–Trinajstić information content (AvgIpc) is 3.02. The molecule has 3 heteroatoms. The van der Waals surface area contributed by atoms with Gasteiger partial charge in [0.25, 0.3) is 0 Å². The van der Waals surface area contributed by atoms with Crippen LogP contribution >= 0.6 is 0 Å². The van der Waals surface area contributed by atoms with Gasteiger partial charge in [0.05, 0.1) is 0 Å². The second-order valence-corrected chi connectivity index (χ2v) is 5.02. The van der Waals surface area contributed by atoms with E-state index < -0.39 is 0 Å². The predicted octanol–water partition coefficient (Wildman–Crippen LogP) is 2.27. The zero-order valence-corrected chi connectivity index (χ0v) is 10.7. The number of hydrogen-bond donors (Lipinski definition) is 2. The fourth-order valence-electron chi connectivity index (χ4n) is 2.20. The Labute approximate surface area is 103 Å². The van der Waals surface area contributed by atoms with E-state index in [-0.39, 0.29) is 5.54 Å². The molecule has 1 aromatic carbocycles. The molecule has 0 amide bonds. The van der Waals surface area contributed by atoms with Gasteiger partial charge in [-0.2, -0.15) is 0 Å². The maximum absolute atomic E-state index is 10.0. The lowest BCUT2D eigenvalue weighted by Crippen LogP contribution is -2.25. The summed E-state index contributed by atoms with van der Waals surface area (Å²) in [7, 11) is 0. The van der Waals surface area contributed by atoms with Gasteiger partial charge in [0.2, 0.25) is 0 Å². The highest BCUT2D eigenvalue weighted by atomic mass is 16.3. The van der Waals surface area contributed by atoms with Crippen molar-refractivity contribution in [2.75, 3.05) is 18.0 Å². The normalized spacial score (nSPS) is 16.9. The fourth-order valence-corrected chi connectivity index (χ4v) is 2.20. The van der Waals surface area contributed by atoms with Crippen LogP contribution in [0.25, 0.3) is 0 Å². The zero-order valence-electron chi connectivity index (χ0n) is 10.7. The summed E-state index contributed by atoms with van der Waals surface area (Å²) in [5.41, 5.74) is 8.08. The van der Waals surface area contributed by atoms with Gasteiger partial charge in [-0.15, -0.1) is 0 Å². The van der Waals surface area contributed by atoms with Crippen molar-refractivity contribution in [3.63, 3.8) is 0 Å². The molecular weight excluding hydrogens is 212 g/mol. The molecule has 3 nitrogen and oxygen atoms in total. The molecule has 0 heterocycles. The first kappa shape index (κ1) is 12.2. The number of phenolic OH excluding ortho intramolecular Hbond substituents is 1. The first-order chi connectivity index (χ1) is 8.08. The number of aromatic hydroxyl groups is 1. The Morgan fingerprint density at radius 2 is 1.94 bits per heavy atom. The van der Waals surface area contributed by atoms with Crippen molar-refractivity contribution in [1.29, 1.82) is 0 Å². The molecule has 0 aliphatic heterocycles. The van der Waals surface area contributed by atoms with E-state index in [4.69, 9.17) is 5.73 Å². The highest BCUT2D eigenvalue weighted by Crippen LogP contribution is 2.38. The minimum absolute atomic E-state index is 0.0474. The maximum atomic E-state index is 10.0. The van der Waals surface area contributed by atoms with Crippen molar-refractivity contribution < 1.29 is 5.11 Å². The van der Waals surface area contributed by atoms with E-state index >= 15 is 0 Å². The third-order valence-corrected chi connectivity index (χ3v) is 3.63. The molecule has 0 radical (unpaired) electrons. The molecule has 1 fully saturated rings. The van der Waals surface area contributed by atoms with Crippen LogP contribution in [0.5, 0.6) is 5.75 Å². The molecule has 0 bridgehead atoms. The first-order valence-electron chi connectivity index (χ1n) is 6.43. The lowest BCUT2D eigenvalue weighted by Gasteiger charge is -2.22. The topological polar surface area (TPSA) is 49.5 Å². The van der Waals surface area contributed by atoms with E-state index in [1.807, 2.05) is 12.1 Å². The number of hydrogen-bond acceptors (Lipinski definition) is 3. The Balaban J connectivity index is 2.16. The fraction of sp³-hybridized carbons (Fsp3) is 0.571. The van der Waals surface area contributed by atoms with Gasteiger partial charge in [0, 0.05) is 30.4 Å². The van der Waals surface area contributed by atoms with E-state index in [0.717, 1.165) is 43.6 Å². The van der Waals surface area contributed by atoms with E-state index in [9.17, 15) is 5.11 Å². The van der Waals surface area contributed by atoms with Gasteiger partial charge in [0.1, 0.15) is 5.75 Å². The number of anilines is 1. The van der Waals surface area contributed by atoms with Gasteiger partial charge in [-0.25, -0.2) is 0 Å². The third kappa shape index (κ3) is 2.72. The molecule has 1 saturated carbocycles. The quantitative estimate of drug-likeness (QED) is 0.821. The molecule has 0 spiro atoms. The molecule has 0 unspecified atom stereocenters. The molecule has 2 rings (SSSR count). The Hall–Kier alpha value is -1.22. The summed E-state index contributed by atoms with van der Waals surface area (Å²) in [4.78, 5) is 2.22. The Kier molecular flexibility index (Phi) is 3.29. The molecule has 94 valence electrons. The number of nitrogens with zero attached hydrogens (tertiary/aromatic N) is 1. The summed E-state index contributed by atoms with van der Waals surface area (Å²) in [5.74, 6) is 0.381. The van der Waals surface area contributed by atoms with Crippen LogP contribution in [0.3, 0.4) is 0 Å². The van der Waals surface area contributed by atoms with Crippen LogP contribution < -0.4 is 10.6 Å². The summed E-state index contributed by atoms with van der Waals surface area (Å²) in [6.07, 6.45) is 2.94. The van der Waals surface area contributed by atoms with Crippen molar-refractivity contribution in [1.82, 2.24) is 0 Å². The predicted molar refractivity (Wildman–Crippen MR) is 71.5 cm³/mol. The number of benzene rings is 1. The summed E-state index contributed by atoms with van der Waals surface area (Å²) >= 11 is 0. The molecule has 17 heavy (non-hydrogen) atoms. The van der Waals surface area contributed by atoms with Gasteiger partial charge in [-0.05, 0) is 44.7 Å². The molecule has 3 N–H and O–H groups in total. The number of rotatable bonds is 5. The Morgan fingerprint density at radius 1 is 1.29 bits per heavy atom. The third-order valence-electron chi connectivity index (χ3n) is 3.63. The van der Waals surface area contributed by atoms with E-state index in [2.05, 4.69) is 24.8 Å². The van der Waals surface area contributed by atoms with Crippen molar-refractivity contribution >= 4 is 5.69 Å². The minimum Gasteiger partial charge on any atom is -0.508 e. The smallest absolute Gasteiger partial charge is 0.120 e. The lowest BCUT2D eigenvalue weighted by atomic mass is 10.0. The summed E-state index contributed by atoms with van der Waals surface area (Å²) < 4.78 is 0. The van der Waals surface area contributed by atoms with Crippen LogP contribution in [-0.2, 0) is 6.42 Å². The maximum Gasteiger partial charge on any atom is 0.120 e. The Bertz CT molecular complexity index is 395. The van der Waals surface area contributed by atoms with Crippen LogP contribution in [0.1, 0.15) is 32.3 Å². The highest BCUT2D eigenvalue weighted by Gasteiger charge is 2.38. The second kappa shape index (κ2) is 4.57. The zero-order chi connectivity index (χ0) is 12.5. The van der Waals surface area contributed by atoms with Crippen LogP contribution in [-0.4, -0.2) is 23.7 Å². The summed E-state index contributed by atoms with van der Waals surface area (Å²) in [6, 6.07) is 5.94. The van der Waals surface area contributed by atoms with Gasteiger partial charge in [-0.3, -0.25) is 0 Å². The van der Waals surface area contributed by atoms with Crippen molar-refractivity contribution in [2.45, 2.75) is 38.6 Å². The lowest BCUT2D eigenvalue weighted by molar-refractivity contribution is 0.463. The van der Waals surface area contributed by atoms with Crippen LogP contribution in [0.4, 0.5) is 5.69 Å². The molecule has 1 aromatic rings. The van der Waals surface area contributed by atoms with Crippen LogP contribution in [0, 0.1) is 0 Å². The van der Waals surface area contributed by atoms with E-state index in [1.165, 1.54) is 0 Å². The monoisotopic (exact) mass is 234 g/mol. The van der Waals surface area contributed by atoms with E-state index in [0.29, 0.717) is 5.75 Å². The second-order valence-electron chi connectivity index (χ2n) is 5.02. The highest BCUT2D eigenvalue weighted by molar-refractivity contribution is 5.53. The number of nitrogens with two attached hydrogens (primary N) is 1. The minimum atomic E-state index is -0.0474. The largest absolute Gasteiger partial charge is 0.508 e. The number of phenols is 1. The standard InChI is InChI=1S/C14H22N2O/c1-3-16(4-2)12-6-5-11(13(17)9-12)10-14(15)7-8-14/h5-6,9,17H,3-4,7-8,10,15H2,1-2H3. The van der Waals surface area contributed by atoms with Gasteiger partial charge < -0.3 is 15.7 Å². The molecule has 0 saturated heterocycles. The molecule has 1 aliphatic carbocycles. The van der Waals surface area contributed by atoms with Gasteiger partial charge >= 0.3 is 0 Å². The molecule has 0 aromatic heterocycles. The van der Waals surface area contributed by atoms with Crippen molar-refractivity contribution in [3.8, 4) is 5.75 Å². The summed E-state index contributed by atoms with van der Waals surface area (Å²) in [5, 5.41) is 10.0. The Morgan fingerprint density at radius 3 is 2.41 bits per heavy atom. The van der Waals surface area contributed by atoms with Gasteiger partial charge in [0.15, 0.2) is 0 Å². The van der Waals surface area contributed by atoms with Crippen molar-refractivity contribution in [2.24, 2.45) is 5.73 Å². The first-order valence-corrected chi connectivity index (χ1v) is 6.43. The SMILES string of the molecule is CCN(CC)c1ccc(CC2(N)CC2)c(O)c1. The molecule has 1 aliphatic rings. The van der Waals surface area contributed by atoms with Crippen molar-refractivity contribution in [3.05, 3.63) is 23.8 Å². The van der Waals surface area contributed by atoms with Crippen LogP contribution in [0.15, 0.2) is 18.2 Å². The van der Waals surface area contributed by atoms with E-state index in [1.54, 1.807) is 0 Å². The average molecular weight is 234 g/mol. The van der Waals surface area contributed by atoms with Gasteiger partial charge in [-0.1, -0.05) is 6.07 Å². The molecule has 0 atom stereocenters. The summed E-state index contributed by atoms with van der Waals surface area (Å²) in [6.45, 7) is 6.15. The molecular formula is C14H22N2O. The van der Waals surface area contributed by atoms with Crippen LogP contribution in [0.2, 0.25) is 0 Å².